The maximum absolute atomic E-state index is 12.8. The van der Waals surface area contributed by atoms with E-state index in [2.05, 4.69) is 15.6 Å². The number of aromatic nitrogens is 1. The smallest absolute Gasteiger partial charge is 0.236 e. The van der Waals surface area contributed by atoms with Gasteiger partial charge in [0.25, 0.3) is 0 Å². The molecule has 19 heavy (non-hydrogen) atoms. The van der Waals surface area contributed by atoms with E-state index in [9.17, 15) is 9.18 Å². The molecule has 0 aliphatic rings. The number of rotatable bonds is 7. The number of halogens is 1. The lowest BCUT2D eigenvalue weighted by Crippen LogP contribution is -2.43. The molecule has 0 fully saturated rings. The van der Waals surface area contributed by atoms with Crippen LogP contribution in [0.15, 0.2) is 18.3 Å². The maximum atomic E-state index is 12.8. The monoisotopic (exact) mass is 267 g/mol. The summed E-state index contributed by atoms with van der Waals surface area (Å²) in [5.74, 6) is -0.380. The van der Waals surface area contributed by atoms with Crippen molar-refractivity contribution < 1.29 is 9.18 Å². The van der Waals surface area contributed by atoms with Crippen LogP contribution in [0.5, 0.6) is 0 Å². The van der Waals surface area contributed by atoms with Gasteiger partial charge >= 0.3 is 0 Å². The van der Waals surface area contributed by atoms with Crippen LogP contribution in [-0.2, 0) is 4.79 Å². The number of carbonyl (C=O) groups is 1. The van der Waals surface area contributed by atoms with Gasteiger partial charge in [0.05, 0.1) is 17.9 Å². The molecule has 0 saturated carbocycles. The normalized spacial score (nSPS) is 13.9. The van der Waals surface area contributed by atoms with Crippen LogP contribution in [0.1, 0.15) is 45.3 Å². The van der Waals surface area contributed by atoms with Crippen LogP contribution in [0.2, 0.25) is 0 Å². The predicted molar refractivity (Wildman–Crippen MR) is 73.1 cm³/mol. The van der Waals surface area contributed by atoms with Crippen LogP contribution in [0.25, 0.3) is 0 Å². The van der Waals surface area contributed by atoms with Gasteiger partial charge in [-0.15, -0.1) is 0 Å². The third-order valence-electron chi connectivity index (χ3n) is 2.91. The number of nitrogens with zero attached hydrogens (tertiary/aromatic N) is 1. The fourth-order valence-corrected chi connectivity index (χ4v) is 1.78. The van der Waals surface area contributed by atoms with Crippen LogP contribution in [0.3, 0.4) is 0 Å². The molecule has 1 rings (SSSR count). The molecule has 1 heterocycles. The van der Waals surface area contributed by atoms with Gasteiger partial charge in [0.15, 0.2) is 0 Å². The highest BCUT2D eigenvalue weighted by atomic mass is 19.1. The zero-order chi connectivity index (χ0) is 14.3. The van der Waals surface area contributed by atoms with Crippen LogP contribution in [-0.4, -0.2) is 23.5 Å². The second-order valence-corrected chi connectivity index (χ2v) is 4.54. The minimum absolute atomic E-state index is 0.0255. The van der Waals surface area contributed by atoms with Gasteiger partial charge in [-0.2, -0.15) is 0 Å². The minimum atomic E-state index is -0.354. The minimum Gasteiger partial charge on any atom is -0.355 e. The van der Waals surface area contributed by atoms with Crippen molar-refractivity contribution in [1.29, 1.82) is 0 Å². The zero-order valence-corrected chi connectivity index (χ0v) is 11.7. The summed E-state index contributed by atoms with van der Waals surface area (Å²) in [6.45, 7) is 6.50. The Balaban J connectivity index is 2.61. The Morgan fingerprint density at radius 3 is 2.68 bits per heavy atom. The lowest BCUT2D eigenvalue weighted by Gasteiger charge is -2.21. The highest BCUT2D eigenvalue weighted by Crippen LogP contribution is 2.14. The third-order valence-corrected chi connectivity index (χ3v) is 2.91. The molecule has 5 heteroatoms. The average molecular weight is 267 g/mol. The average Bonchev–Trinajstić information content (AvgIpc) is 2.42. The van der Waals surface area contributed by atoms with E-state index >= 15 is 0 Å². The second kappa shape index (κ2) is 7.84. The van der Waals surface area contributed by atoms with E-state index in [-0.39, 0.29) is 23.8 Å². The van der Waals surface area contributed by atoms with Crippen LogP contribution >= 0.6 is 0 Å². The Labute approximate surface area is 113 Å². The summed E-state index contributed by atoms with van der Waals surface area (Å²) in [4.78, 5) is 15.8. The second-order valence-electron chi connectivity index (χ2n) is 4.54. The maximum Gasteiger partial charge on any atom is 0.236 e. The van der Waals surface area contributed by atoms with E-state index in [4.69, 9.17) is 0 Å². The van der Waals surface area contributed by atoms with Crippen LogP contribution in [0, 0.1) is 5.82 Å². The molecule has 2 unspecified atom stereocenters. The number of amides is 1. The summed E-state index contributed by atoms with van der Waals surface area (Å²) < 4.78 is 12.8. The number of pyridine rings is 1. The molecule has 2 atom stereocenters. The lowest BCUT2D eigenvalue weighted by atomic mass is 10.1. The Hall–Kier alpha value is -1.49. The molecule has 2 N–H and O–H groups in total. The molecule has 0 spiro atoms. The van der Waals surface area contributed by atoms with Crippen LogP contribution in [0.4, 0.5) is 4.39 Å². The standard InChI is InChI=1S/C14H22FN3O/c1-4-8-16-14(19)10(3)18-12(5-2)13-7-6-11(15)9-17-13/h6-7,9-10,12,18H,4-5,8H2,1-3H3,(H,16,19). The van der Waals surface area contributed by atoms with Gasteiger partial charge in [-0.3, -0.25) is 15.1 Å². The van der Waals surface area contributed by atoms with Gasteiger partial charge in [-0.05, 0) is 31.9 Å². The van der Waals surface area contributed by atoms with Gasteiger partial charge < -0.3 is 5.32 Å². The summed E-state index contributed by atoms with van der Waals surface area (Å²) in [7, 11) is 0. The molecule has 1 amide bonds. The van der Waals surface area contributed by atoms with Crippen molar-refractivity contribution >= 4 is 5.91 Å². The molecule has 0 aliphatic carbocycles. The first kappa shape index (κ1) is 15.6. The van der Waals surface area contributed by atoms with Gasteiger partial charge in [0.1, 0.15) is 5.82 Å². The number of hydrogen-bond donors (Lipinski definition) is 2. The number of nitrogens with one attached hydrogen (secondary N) is 2. The molecule has 1 aromatic heterocycles. The zero-order valence-electron chi connectivity index (χ0n) is 11.7. The quantitative estimate of drug-likeness (QED) is 0.796. The molecular weight excluding hydrogens is 245 g/mol. The summed E-state index contributed by atoms with van der Waals surface area (Å²) in [5, 5.41) is 6.05. The summed E-state index contributed by atoms with van der Waals surface area (Å²) >= 11 is 0. The molecule has 0 saturated heterocycles. The number of carbonyl (C=O) groups excluding carboxylic acids is 1. The van der Waals surface area contributed by atoms with E-state index in [1.54, 1.807) is 6.07 Å². The molecule has 0 radical (unpaired) electrons. The summed E-state index contributed by atoms with van der Waals surface area (Å²) in [6.07, 6.45) is 2.89. The summed E-state index contributed by atoms with van der Waals surface area (Å²) in [5.41, 5.74) is 0.749. The Bertz CT molecular complexity index is 394. The molecule has 0 aromatic carbocycles. The topological polar surface area (TPSA) is 54.0 Å². The molecule has 1 aromatic rings. The first-order chi connectivity index (χ1) is 9.08. The van der Waals surface area contributed by atoms with E-state index in [0.717, 1.165) is 18.5 Å². The highest BCUT2D eigenvalue weighted by Gasteiger charge is 2.18. The molecule has 106 valence electrons. The molecule has 4 nitrogen and oxygen atoms in total. The molecule has 0 aliphatic heterocycles. The Morgan fingerprint density at radius 2 is 2.16 bits per heavy atom. The Kier molecular flexibility index (Phi) is 6.42. The predicted octanol–water partition coefficient (Wildman–Crippen LogP) is 2.18. The van der Waals surface area contributed by atoms with Crippen molar-refractivity contribution in [2.24, 2.45) is 0 Å². The van der Waals surface area contributed by atoms with Crippen molar-refractivity contribution in [3.05, 3.63) is 29.8 Å². The number of hydrogen-bond acceptors (Lipinski definition) is 3. The SMILES string of the molecule is CCCNC(=O)C(C)NC(CC)c1ccc(F)cn1. The van der Waals surface area contributed by atoms with E-state index in [0.29, 0.717) is 6.54 Å². The van der Waals surface area contributed by atoms with E-state index in [1.165, 1.54) is 12.3 Å². The van der Waals surface area contributed by atoms with Gasteiger partial charge in [-0.25, -0.2) is 4.39 Å². The van der Waals surface area contributed by atoms with E-state index in [1.807, 2.05) is 20.8 Å². The molecule has 0 bridgehead atoms. The van der Waals surface area contributed by atoms with E-state index < -0.39 is 0 Å². The van der Waals surface area contributed by atoms with Gasteiger partial charge in [0, 0.05) is 12.6 Å². The lowest BCUT2D eigenvalue weighted by molar-refractivity contribution is -0.122. The van der Waals surface area contributed by atoms with Gasteiger partial charge in [-0.1, -0.05) is 13.8 Å². The first-order valence-corrected chi connectivity index (χ1v) is 6.73. The van der Waals surface area contributed by atoms with Gasteiger partial charge in [0.2, 0.25) is 5.91 Å². The van der Waals surface area contributed by atoms with Crippen molar-refractivity contribution in [1.82, 2.24) is 15.6 Å². The van der Waals surface area contributed by atoms with Crippen molar-refractivity contribution in [2.75, 3.05) is 6.54 Å². The van der Waals surface area contributed by atoms with Crippen molar-refractivity contribution in [2.45, 2.75) is 45.7 Å². The first-order valence-electron chi connectivity index (χ1n) is 6.73. The largest absolute Gasteiger partial charge is 0.355 e. The van der Waals surface area contributed by atoms with Crippen molar-refractivity contribution in [3.8, 4) is 0 Å². The third kappa shape index (κ3) is 4.95. The van der Waals surface area contributed by atoms with Crippen molar-refractivity contribution in [3.63, 3.8) is 0 Å². The van der Waals surface area contributed by atoms with Crippen LogP contribution < -0.4 is 10.6 Å². The highest BCUT2D eigenvalue weighted by molar-refractivity contribution is 5.81. The fourth-order valence-electron chi connectivity index (χ4n) is 1.78. The summed E-state index contributed by atoms with van der Waals surface area (Å²) in [6, 6.07) is 2.67. The Morgan fingerprint density at radius 1 is 1.42 bits per heavy atom. The fraction of sp³-hybridized carbons (Fsp3) is 0.571. The molecular formula is C14H22FN3O.